The number of benzene rings is 1. The monoisotopic (exact) mass is 240 g/mol. The maximum atomic E-state index is 12.4. The van der Waals surface area contributed by atoms with Gasteiger partial charge in [-0.2, -0.15) is 0 Å². The molecule has 1 aliphatic rings. The smallest absolute Gasteiger partial charge is 0.366 e. The molecule has 0 bridgehead atoms. The van der Waals surface area contributed by atoms with Gasteiger partial charge < -0.3 is 9.42 Å². The summed E-state index contributed by atoms with van der Waals surface area (Å²) in [6.45, 7) is 0. The molecule has 1 heterocycles. The fraction of sp³-hybridized carbons (Fsp3) is 0.300. The van der Waals surface area contributed by atoms with E-state index in [2.05, 4.69) is 0 Å². The van der Waals surface area contributed by atoms with Crippen molar-refractivity contribution in [2.24, 2.45) is 0 Å². The van der Waals surface area contributed by atoms with Crippen molar-refractivity contribution in [2.45, 2.75) is 0 Å². The van der Waals surface area contributed by atoms with E-state index in [1.165, 1.54) is 16.6 Å². The summed E-state index contributed by atoms with van der Waals surface area (Å²) in [6.07, 6.45) is 0.122. The topological polar surface area (TPSA) is 49.9 Å². The van der Waals surface area contributed by atoms with Crippen molar-refractivity contribution in [3.8, 4) is 5.75 Å². The van der Waals surface area contributed by atoms with Gasteiger partial charge in [-0.25, -0.2) is 9.46 Å². The van der Waals surface area contributed by atoms with E-state index in [0.29, 0.717) is 5.75 Å². The van der Waals surface area contributed by atoms with E-state index in [-0.39, 0.29) is 12.3 Å². The Morgan fingerprint density at radius 2 is 1.88 bits per heavy atom. The first kappa shape index (κ1) is 11.0. The second-order valence-electron chi connectivity index (χ2n) is 3.69. The number of para-hydroxylation sites is 1. The van der Waals surface area contributed by atoms with Gasteiger partial charge in [-0.15, -0.1) is 0 Å². The Labute approximate surface area is 94.1 Å². The zero-order valence-corrected chi connectivity index (χ0v) is 10.1. The molecule has 0 spiro atoms. The molecule has 0 aliphatic carbocycles. The molecule has 5 nitrogen and oxygen atoms in total. The summed E-state index contributed by atoms with van der Waals surface area (Å²) in [5, 5.41) is 0. The number of carbonyl (C=O) groups excluding carboxylic acids is 1. The molecule has 1 unspecified atom stereocenters. The molecule has 0 saturated carbocycles. The number of nitrogens with zero attached hydrogens (tertiary/aromatic N) is 2. The van der Waals surface area contributed by atoms with Crippen molar-refractivity contribution in [3.05, 3.63) is 30.3 Å². The number of carbonyl (C=O) groups is 1. The third-order valence-corrected chi connectivity index (χ3v) is 4.81. The largest absolute Gasteiger partial charge is 0.428 e. The lowest BCUT2D eigenvalue weighted by Crippen LogP contribution is -2.25. The SMILES string of the molecule is CN1CP(=O)(Oc2ccccc2)N(C)C1=O. The summed E-state index contributed by atoms with van der Waals surface area (Å²) < 4.78 is 19.0. The number of amides is 2. The standard InChI is InChI=1S/C10H13N2O3P/c1-11-8-16(14,12(2)10(11)13)15-9-6-4-3-5-7-9/h3-7H,8H2,1-2H3. The molecule has 86 valence electrons. The van der Waals surface area contributed by atoms with Crippen LogP contribution in [0.1, 0.15) is 0 Å². The Kier molecular flexibility index (Phi) is 2.64. The molecule has 2 amide bonds. The highest BCUT2D eigenvalue weighted by molar-refractivity contribution is 7.58. The maximum Gasteiger partial charge on any atom is 0.366 e. The van der Waals surface area contributed by atoms with Crippen LogP contribution in [0.3, 0.4) is 0 Å². The molecule has 1 atom stereocenters. The van der Waals surface area contributed by atoms with Gasteiger partial charge in [0.1, 0.15) is 12.0 Å². The Bertz CT molecular complexity index is 449. The van der Waals surface area contributed by atoms with Gasteiger partial charge in [0.05, 0.1) is 0 Å². The van der Waals surface area contributed by atoms with Gasteiger partial charge >= 0.3 is 13.6 Å². The summed E-state index contributed by atoms with van der Waals surface area (Å²) in [5.41, 5.74) is 0. The van der Waals surface area contributed by atoms with Crippen molar-refractivity contribution in [3.63, 3.8) is 0 Å². The molecule has 6 heteroatoms. The predicted molar refractivity (Wildman–Crippen MR) is 60.5 cm³/mol. The van der Waals surface area contributed by atoms with Crippen LogP contribution in [-0.2, 0) is 4.57 Å². The normalized spacial score (nSPS) is 25.0. The molecular weight excluding hydrogens is 227 g/mol. The lowest BCUT2D eigenvalue weighted by atomic mass is 10.3. The van der Waals surface area contributed by atoms with E-state index in [1.54, 1.807) is 31.3 Å². The molecule has 2 rings (SSSR count). The minimum atomic E-state index is -3.09. The van der Waals surface area contributed by atoms with Crippen molar-refractivity contribution < 1.29 is 13.9 Å². The predicted octanol–water partition coefficient (Wildman–Crippen LogP) is 2.21. The molecule has 16 heavy (non-hydrogen) atoms. The van der Waals surface area contributed by atoms with Crippen LogP contribution in [0.5, 0.6) is 5.75 Å². The summed E-state index contributed by atoms with van der Waals surface area (Å²) in [6, 6.07) is 8.59. The van der Waals surface area contributed by atoms with E-state index < -0.39 is 7.52 Å². The first-order valence-corrected chi connectivity index (χ1v) is 6.62. The molecule has 1 fully saturated rings. The highest BCUT2D eigenvalue weighted by atomic mass is 31.2. The highest BCUT2D eigenvalue weighted by Crippen LogP contribution is 2.54. The Morgan fingerprint density at radius 3 is 2.38 bits per heavy atom. The zero-order chi connectivity index (χ0) is 11.8. The van der Waals surface area contributed by atoms with Gasteiger partial charge in [-0.3, -0.25) is 4.57 Å². The van der Waals surface area contributed by atoms with E-state index in [9.17, 15) is 9.36 Å². The number of urea groups is 1. The van der Waals surface area contributed by atoms with Crippen molar-refractivity contribution in [2.75, 3.05) is 20.4 Å². The van der Waals surface area contributed by atoms with Crippen LogP contribution in [-0.4, -0.2) is 36.0 Å². The van der Waals surface area contributed by atoms with Crippen LogP contribution in [0.2, 0.25) is 0 Å². The zero-order valence-electron chi connectivity index (χ0n) is 9.16. The lowest BCUT2D eigenvalue weighted by Gasteiger charge is -2.18. The average Bonchev–Trinajstić information content (AvgIpc) is 2.44. The van der Waals surface area contributed by atoms with Crippen LogP contribution >= 0.6 is 7.52 Å². The Hall–Kier alpha value is -1.48. The minimum absolute atomic E-state index is 0.122. The fourth-order valence-electron chi connectivity index (χ4n) is 1.54. The first-order chi connectivity index (χ1) is 7.53. The van der Waals surface area contributed by atoms with Crippen LogP contribution in [0.25, 0.3) is 0 Å². The van der Waals surface area contributed by atoms with E-state index in [4.69, 9.17) is 4.52 Å². The second-order valence-corrected chi connectivity index (χ2v) is 6.03. The second kappa shape index (κ2) is 3.83. The third kappa shape index (κ3) is 1.78. The molecule has 0 aromatic heterocycles. The van der Waals surface area contributed by atoms with E-state index in [1.807, 2.05) is 6.07 Å². The molecule has 1 aromatic carbocycles. The minimum Gasteiger partial charge on any atom is -0.428 e. The van der Waals surface area contributed by atoms with Gasteiger partial charge in [0.25, 0.3) is 0 Å². The van der Waals surface area contributed by atoms with Gasteiger partial charge in [0, 0.05) is 14.1 Å². The third-order valence-electron chi connectivity index (χ3n) is 2.44. The molecule has 1 aromatic rings. The van der Waals surface area contributed by atoms with E-state index >= 15 is 0 Å². The Morgan fingerprint density at radius 1 is 1.25 bits per heavy atom. The van der Waals surface area contributed by atoms with Gasteiger partial charge in [-0.05, 0) is 12.1 Å². The molecule has 0 radical (unpaired) electrons. The lowest BCUT2D eigenvalue weighted by molar-refractivity contribution is 0.209. The van der Waals surface area contributed by atoms with Crippen molar-refractivity contribution >= 4 is 13.6 Å². The quantitative estimate of drug-likeness (QED) is 0.744. The van der Waals surface area contributed by atoms with Gasteiger partial charge in [-0.1, -0.05) is 18.2 Å². The first-order valence-electron chi connectivity index (χ1n) is 4.86. The number of rotatable bonds is 2. The Balaban J connectivity index is 2.22. The summed E-state index contributed by atoms with van der Waals surface area (Å²) in [7, 11) is 0.0141. The summed E-state index contributed by atoms with van der Waals surface area (Å²) in [4.78, 5) is 12.9. The molecular formula is C10H13N2O3P. The summed E-state index contributed by atoms with van der Waals surface area (Å²) in [5.74, 6) is 0.515. The number of hydrogen-bond donors (Lipinski definition) is 0. The van der Waals surface area contributed by atoms with Crippen LogP contribution in [0.4, 0.5) is 4.79 Å². The molecule has 0 N–H and O–H groups in total. The average molecular weight is 240 g/mol. The van der Waals surface area contributed by atoms with Crippen molar-refractivity contribution in [1.82, 2.24) is 9.57 Å². The number of hydrogen-bond acceptors (Lipinski definition) is 3. The van der Waals surface area contributed by atoms with Crippen LogP contribution in [0, 0.1) is 0 Å². The van der Waals surface area contributed by atoms with Gasteiger partial charge in [0.15, 0.2) is 0 Å². The van der Waals surface area contributed by atoms with Crippen LogP contribution < -0.4 is 4.52 Å². The highest BCUT2D eigenvalue weighted by Gasteiger charge is 2.44. The molecule has 1 saturated heterocycles. The van der Waals surface area contributed by atoms with E-state index in [0.717, 1.165) is 0 Å². The molecule has 1 aliphatic heterocycles. The summed E-state index contributed by atoms with van der Waals surface area (Å²) >= 11 is 0. The van der Waals surface area contributed by atoms with Gasteiger partial charge in [0.2, 0.25) is 0 Å². The van der Waals surface area contributed by atoms with Crippen LogP contribution in [0.15, 0.2) is 30.3 Å². The fourth-order valence-corrected chi connectivity index (χ4v) is 3.43. The van der Waals surface area contributed by atoms with Crippen molar-refractivity contribution in [1.29, 1.82) is 0 Å². The maximum absolute atomic E-state index is 12.4.